The molecule has 1 unspecified atom stereocenters. The minimum absolute atomic E-state index is 0.272. The van der Waals surface area contributed by atoms with E-state index in [9.17, 15) is 0 Å². The van der Waals surface area contributed by atoms with Crippen LogP contribution in [0.5, 0.6) is 0 Å². The number of benzene rings is 3. The van der Waals surface area contributed by atoms with E-state index in [2.05, 4.69) is 147 Å². The minimum atomic E-state index is -1.45. The first-order valence-corrected chi connectivity index (χ1v) is 19.0. The van der Waals surface area contributed by atoms with Gasteiger partial charge in [-0.15, -0.1) is 0 Å². The molecule has 190 valence electrons. The van der Waals surface area contributed by atoms with E-state index >= 15 is 0 Å². The fourth-order valence-electron chi connectivity index (χ4n) is 5.59. The Labute approximate surface area is 219 Å². The molecular weight excluding hydrogens is 478 g/mol. The zero-order valence-electron chi connectivity index (χ0n) is 23.6. The van der Waals surface area contributed by atoms with Gasteiger partial charge >= 0.3 is 0 Å². The van der Waals surface area contributed by atoms with Gasteiger partial charge in [0.1, 0.15) is 5.30 Å². The summed E-state index contributed by atoms with van der Waals surface area (Å²) in [5.74, 6) is 0. The SMILES string of the molecule is CC(C)P(c1ccccc1S(C)(c1ccccc1)c1ccccc1[P+](C)(C(C)C)C(C)C)C(C)C. The van der Waals surface area contributed by atoms with Crippen LogP contribution in [-0.2, 0) is 0 Å². The van der Waals surface area contributed by atoms with Gasteiger partial charge in [-0.25, -0.2) is 0 Å². The van der Waals surface area contributed by atoms with Crippen LogP contribution < -0.4 is 10.6 Å². The van der Waals surface area contributed by atoms with Crippen LogP contribution in [0.1, 0.15) is 55.4 Å². The second-order valence-electron chi connectivity index (χ2n) is 11.1. The van der Waals surface area contributed by atoms with E-state index in [0.29, 0.717) is 22.6 Å². The highest BCUT2D eigenvalue weighted by Crippen LogP contribution is 2.71. The molecule has 3 aromatic rings. The van der Waals surface area contributed by atoms with Crippen molar-refractivity contribution in [1.29, 1.82) is 0 Å². The van der Waals surface area contributed by atoms with Crippen molar-refractivity contribution in [3.8, 4) is 0 Å². The van der Waals surface area contributed by atoms with Crippen molar-refractivity contribution >= 4 is 35.8 Å². The van der Waals surface area contributed by atoms with E-state index < -0.39 is 17.3 Å². The molecule has 35 heavy (non-hydrogen) atoms. The molecule has 0 aliphatic heterocycles. The molecule has 0 bridgehead atoms. The van der Waals surface area contributed by atoms with Crippen molar-refractivity contribution in [2.24, 2.45) is 0 Å². The van der Waals surface area contributed by atoms with Crippen LogP contribution in [0.25, 0.3) is 0 Å². The van der Waals surface area contributed by atoms with E-state index in [1.54, 1.807) is 20.4 Å². The van der Waals surface area contributed by atoms with Crippen LogP contribution in [0.2, 0.25) is 0 Å². The lowest BCUT2D eigenvalue weighted by atomic mass is 10.3. The summed E-state index contributed by atoms with van der Waals surface area (Å²) < 4.78 is 0. The smallest absolute Gasteiger partial charge is 0.107 e. The molecule has 0 spiro atoms. The average molecular weight is 526 g/mol. The molecule has 0 aliphatic carbocycles. The molecule has 0 amide bonds. The largest absolute Gasteiger partial charge is 0.159 e. The summed E-state index contributed by atoms with van der Waals surface area (Å²) >= 11 is 0. The average Bonchev–Trinajstić information content (AvgIpc) is 2.83. The van der Waals surface area contributed by atoms with Gasteiger partial charge in [-0.3, -0.25) is 0 Å². The van der Waals surface area contributed by atoms with Crippen LogP contribution >= 0.6 is 25.2 Å². The Balaban J connectivity index is 2.46. The minimum Gasteiger partial charge on any atom is -0.159 e. The topological polar surface area (TPSA) is 0 Å². The van der Waals surface area contributed by atoms with Crippen LogP contribution in [0, 0.1) is 0 Å². The van der Waals surface area contributed by atoms with E-state index in [4.69, 9.17) is 0 Å². The third-order valence-electron chi connectivity index (χ3n) is 7.88. The number of hydrogen-bond acceptors (Lipinski definition) is 0. The third kappa shape index (κ3) is 5.30. The zero-order valence-corrected chi connectivity index (χ0v) is 26.2. The normalized spacial score (nSPS) is 15.3. The van der Waals surface area contributed by atoms with E-state index in [1.807, 2.05) is 0 Å². The zero-order chi connectivity index (χ0) is 26.0. The molecule has 0 fully saturated rings. The Kier molecular flexibility index (Phi) is 9.35. The third-order valence-corrected chi connectivity index (χ3v) is 20.8. The summed E-state index contributed by atoms with van der Waals surface area (Å²) in [4.78, 5) is 4.63. The summed E-state index contributed by atoms with van der Waals surface area (Å²) in [6, 6.07) is 30.4. The monoisotopic (exact) mass is 525 g/mol. The van der Waals surface area contributed by atoms with Gasteiger partial charge in [-0.05, 0) is 85.8 Å². The molecule has 1 atom stereocenters. The standard InChI is InChI=1S/C32H47P2S/c1-24(2)33(25(3)4)29-20-14-16-22-31(29)35(10,28-18-12-11-13-19-28)32-23-17-15-21-30(32)34(9,26(5)6)27(7)8/h11-27H,1-10H3/q+1. The van der Waals surface area contributed by atoms with Crippen LogP contribution in [0.3, 0.4) is 0 Å². The van der Waals surface area contributed by atoms with Crippen LogP contribution in [0.4, 0.5) is 0 Å². The van der Waals surface area contributed by atoms with Crippen molar-refractivity contribution in [3.63, 3.8) is 0 Å². The Morgan fingerprint density at radius 1 is 0.600 bits per heavy atom. The molecule has 3 rings (SSSR count). The lowest BCUT2D eigenvalue weighted by molar-refractivity contribution is 0.996. The van der Waals surface area contributed by atoms with Crippen molar-refractivity contribution in [1.82, 2.24) is 0 Å². The molecular formula is C32H47P2S+. The molecule has 0 N–H and O–H groups in total. The number of rotatable bonds is 9. The van der Waals surface area contributed by atoms with Crippen molar-refractivity contribution in [2.45, 2.75) is 92.7 Å². The maximum atomic E-state index is 2.60. The predicted molar refractivity (Wildman–Crippen MR) is 167 cm³/mol. The van der Waals surface area contributed by atoms with E-state index in [0.717, 1.165) is 0 Å². The lowest BCUT2D eigenvalue weighted by Crippen LogP contribution is -2.29. The molecule has 0 saturated heterocycles. The molecule has 0 aliphatic rings. The first-order valence-electron chi connectivity index (χ1n) is 13.1. The fourth-order valence-corrected chi connectivity index (χ4v) is 16.9. The van der Waals surface area contributed by atoms with Crippen LogP contribution in [0.15, 0.2) is 93.5 Å². The Hall–Kier alpha value is -1.13. The van der Waals surface area contributed by atoms with Gasteiger partial charge in [0, 0.05) is 9.79 Å². The predicted octanol–water partition coefficient (Wildman–Crippen LogP) is 9.61. The van der Waals surface area contributed by atoms with Crippen molar-refractivity contribution < 1.29 is 0 Å². The molecule has 0 aromatic heterocycles. The van der Waals surface area contributed by atoms with E-state index in [-0.39, 0.29) is 7.92 Å². The maximum Gasteiger partial charge on any atom is 0.107 e. The molecule has 0 heterocycles. The van der Waals surface area contributed by atoms with E-state index in [1.165, 1.54) is 4.90 Å². The highest BCUT2D eigenvalue weighted by molar-refractivity contribution is 8.33. The summed E-state index contributed by atoms with van der Waals surface area (Å²) in [5, 5.41) is 3.25. The molecule has 3 aromatic carbocycles. The molecule has 0 nitrogen and oxygen atoms in total. The number of hydrogen-bond donors (Lipinski definition) is 0. The van der Waals surface area contributed by atoms with Gasteiger partial charge in [0.05, 0.1) is 25.2 Å². The first-order chi connectivity index (χ1) is 16.5. The summed E-state index contributed by atoms with van der Waals surface area (Å²) in [6.07, 6.45) is 2.58. The second kappa shape index (κ2) is 11.5. The van der Waals surface area contributed by atoms with Crippen molar-refractivity contribution in [2.75, 3.05) is 12.9 Å². The summed E-state index contributed by atoms with van der Waals surface area (Å²) in [6.45, 7) is 22.1. The Morgan fingerprint density at radius 2 is 1.06 bits per heavy atom. The lowest BCUT2D eigenvalue weighted by Gasteiger charge is -2.44. The fraction of sp³-hybridized carbons (Fsp3) is 0.438. The summed E-state index contributed by atoms with van der Waals surface area (Å²) in [5.41, 5.74) is 2.62. The highest BCUT2D eigenvalue weighted by Gasteiger charge is 2.46. The highest BCUT2D eigenvalue weighted by atomic mass is 32.3. The van der Waals surface area contributed by atoms with Crippen LogP contribution in [-0.4, -0.2) is 35.6 Å². The maximum absolute atomic E-state index is 2.60. The molecule has 0 radical (unpaired) electrons. The second-order valence-corrected chi connectivity index (χ2v) is 22.5. The quantitative estimate of drug-likeness (QED) is 0.244. The molecule has 0 saturated carbocycles. The van der Waals surface area contributed by atoms with Gasteiger partial charge in [-0.2, -0.15) is 10.0 Å². The van der Waals surface area contributed by atoms with Gasteiger partial charge in [0.25, 0.3) is 0 Å². The molecule has 3 heteroatoms. The van der Waals surface area contributed by atoms with Gasteiger partial charge < -0.3 is 0 Å². The Bertz CT molecular complexity index is 1090. The van der Waals surface area contributed by atoms with Crippen molar-refractivity contribution in [3.05, 3.63) is 78.9 Å². The summed E-state index contributed by atoms with van der Waals surface area (Å²) in [7, 11) is -3.12. The Morgan fingerprint density at radius 3 is 1.57 bits per heavy atom. The van der Waals surface area contributed by atoms with Gasteiger partial charge in [0.15, 0.2) is 0 Å². The first kappa shape index (κ1) is 28.4. The van der Waals surface area contributed by atoms with Gasteiger partial charge in [0.2, 0.25) is 0 Å². The van der Waals surface area contributed by atoms with Gasteiger partial charge in [-0.1, -0.05) is 84.1 Å².